The highest BCUT2D eigenvalue weighted by Gasteiger charge is 2.11. The van der Waals surface area contributed by atoms with E-state index in [2.05, 4.69) is 20.3 Å². The molecule has 2 aromatic carbocycles. The van der Waals surface area contributed by atoms with Crippen LogP contribution in [-0.2, 0) is 11.3 Å². The summed E-state index contributed by atoms with van der Waals surface area (Å²) in [5.41, 5.74) is 1.42. The normalized spacial score (nSPS) is 10.9. The molecule has 0 saturated heterocycles. The van der Waals surface area contributed by atoms with E-state index in [1.165, 1.54) is 23.9 Å². The lowest BCUT2D eigenvalue weighted by Crippen LogP contribution is -2.23. The fourth-order valence-electron chi connectivity index (χ4n) is 2.32. The Labute approximate surface area is 174 Å². The van der Waals surface area contributed by atoms with Crippen LogP contribution in [0.15, 0.2) is 58.2 Å². The summed E-state index contributed by atoms with van der Waals surface area (Å²) in [5, 5.41) is 11.6. The van der Waals surface area contributed by atoms with Crippen molar-refractivity contribution >= 4 is 29.3 Å². The van der Waals surface area contributed by atoms with Crippen LogP contribution in [0, 0.1) is 0 Å². The lowest BCUT2D eigenvalue weighted by atomic mass is 10.2. The molecule has 0 aliphatic carbocycles. The van der Waals surface area contributed by atoms with Crippen molar-refractivity contribution in [1.29, 1.82) is 0 Å². The highest BCUT2D eigenvalue weighted by molar-refractivity contribution is 7.99. The van der Waals surface area contributed by atoms with Crippen LogP contribution in [0.4, 0.5) is 8.78 Å². The van der Waals surface area contributed by atoms with Gasteiger partial charge in [-0.2, -0.15) is 8.78 Å². The van der Waals surface area contributed by atoms with E-state index in [1.54, 1.807) is 18.2 Å². The van der Waals surface area contributed by atoms with Gasteiger partial charge in [-0.15, -0.1) is 10.2 Å². The molecule has 3 rings (SSSR count). The van der Waals surface area contributed by atoms with Gasteiger partial charge in [0.05, 0.1) is 0 Å². The maximum absolute atomic E-state index is 12.2. The van der Waals surface area contributed by atoms with E-state index in [4.69, 9.17) is 16.0 Å². The molecule has 0 atom stereocenters. The summed E-state index contributed by atoms with van der Waals surface area (Å²) in [4.78, 5) is 12.0. The first kappa shape index (κ1) is 21.1. The third kappa shape index (κ3) is 6.43. The van der Waals surface area contributed by atoms with Gasteiger partial charge in [0.15, 0.2) is 0 Å². The highest BCUT2D eigenvalue weighted by atomic mass is 35.5. The van der Waals surface area contributed by atoms with Crippen LogP contribution in [-0.4, -0.2) is 28.5 Å². The Balaban J connectivity index is 1.44. The van der Waals surface area contributed by atoms with Gasteiger partial charge in [0.1, 0.15) is 5.75 Å². The van der Waals surface area contributed by atoms with Gasteiger partial charge in [0, 0.05) is 29.3 Å². The largest absolute Gasteiger partial charge is 0.435 e. The summed E-state index contributed by atoms with van der Waals surface area (Å²) in [6.07, 6.45) is 0.270. The number of nitrogens with zero attached hydrogens (tertiary/aromatic N) is 2. The maximum atomic E-state index is 12.2. The van der Waals surface area contributed by atoms with Gasteiger partial charge in [-0.1, -0.05) is 41.6 Å². The number of ether oxygens (including phenoxy) is 1. The second-order valence-electron chi connectivity index (χ2n) is 5.74. The number of alkyl halides is 2. The van der Waals surface area contributed by atoms with Crippen molar-refractivity contribution in [2.24, 2.45) is 0 Å². The Morgan fingerprint density at radius 3 is 2.66 bits per heavy atom. The summed E-state index contributed by atoms with van der Waals surface area (Å²) in [6.45, 7) is -2.52. The number of thioether (sulfide) groups is 1. The summed E-state index contributed by atoms with van der Waals surface area (Å²) in [5.74, 6) is 0.628. The van der Waals surface area contributed by atoms with Gasteiger partial charge in [-0.25, -0.2) is 0 Å². The van der Waals surface area contributed by atoms with Crippen molar-refractivity contribution < 1.29 is 22.7 Å². The predicted molar refractivity (Wildman–Crippen MR) is 105 cm³/mol. The van der Waals surface area contributed by atoms with Crippen LogP contribution >= 0.6 is 23.4 Å². The minimum Gasteiger partial charge on any atom is -0.435 e. The molecule has 0 bridgehead atoms. The summed E-state index contributed by atoms with van der Waals surface area (Å²) in [6, 6.07) is 13.2. The Morgan fingerprint density at radius 2 is 1.93 bits per heavy atom. The molecule has 1 amide bonds. The van der Waals surface area contributed by atoms with Crippen molar-refractivity contribution in [2.75, 3.05) is 5.75 Å². The number of benzene rings is 2. The van der Waals surface area contributed by atoms with Crippen molar-refractivity contribution in [3.05, 3.63) is 59.1 Å². The number of rotatable bonds is 9. The van der Waals surface area contributed by atoms with Crippen LogP contribution < -0.4 is 10.1 Å². The molecular weight excluding hydrogens is 424 g/mol. The highest BCUT2D eigenvalue weighted by Crippen LogP contribution is 2.25. The predicted octanol–water partition coefficient (Wildman–Crippen LogP) is 4.79. The molecule has 0 fully saturated rings. The number of halogens is 3. The van der Waals surface area contributed by atoms with Crippen LogP contribution in [0.2, 0.25) is 5.02 Å². The second-order valence-corrected chi connectivity index (χ2v) is 7.20. The molecule has 1 aromatic heterocycles. The molecule has 152 valence electrons. The van der Waals surface area contributed by atoms with E-state index in [1.807, 2.05) is 18.2 Å². The summed E-state index contributed by atoms with van der Waals surface area (Å²) < 4.78 is 34.2. The van der Waals surface area contributed by atoms with Crippen molar-refractivity contribution in [3.8, 4) is 17.2 Å². The minimum absolute atomic E-state index is 0.0423. The maximum Gasteiger partial charge on any atom is 0.387 e. The van der Waals surface area contributed by atoms with Gasteiger partial charge in [0.2, 0.25) is 11.8 Å². The number of carbonyl (C=O) groups is 1. The molecular formula is C19H16ClF2N3O3S. The number of amides is 1. The second kappa shape index (κ2) is 10.2. The molecule has 0 saturated carbocycles. The minimum atomic E-state index is -2.88. The monoisotopic (exact) mass is 439 g/mol. The van der Waals surface area contributed by atoms with Gasteiger partial charge < -0.3 is 14.5 Å². The lowest BCUT2D eigenvalue weighted by molar-refractivity contribution is -0.120. The molecule has 6 nitrogen and oxygen atoms in total. The first-order valence-electron chi connectivity index (χ1n) is 8.53. The van der Waals surface area contributed by atoms with E-state index in [9.17, 15) is 13.6 Å². The van der Waals surface area contributed by atoms with Gasteiger partial charge in [0.25, 0.3) is 5.22 Å². The fourth-order valence-corrected chi connectivity index (χ4v) is 3.22. The van der Waals surface area contributed by atoms with Crippen molar-refractivity contribution in [1.82, 2.24) is 15.5 Å². The zero-order valence-electron chi connectivity index (χ0n) is 15.0. The standard InChI is InChI=1S/C19H16ClF2N3O3S/c20-15-4-2-1-3-13(15)11-23-16(26)9-10-29-19-25-24-17(28-19)12-5-7-14(8-6-12)27-18(21)22/h1-8,18H,9-11H2,(H,23,26). The average Bonchev–Trinajstić information content (AvgIpc) is 3.16. The first-order valence-corrected chi connectivity index (χ1v) is 9.89. The third-order valence-corrected chi connectivity index (χ3v) is 4.91. The summed E-state index contributed by atoms with van der Waals surface area (Å²) in [7, 11) is 0. The number of nitrogens with one attached hydrogen (secondary N) is 1. The Hall–Kier alpha value is -2.65. The molecule has 0 radical (unpaired) electrons. The molecule has 10 heteroatoms. The fraction of sp³-hybridized carbons (Fsp3) is 0.211. The van der Waals surface area contributed by atoms with Crippen molar-refractivity contribution in [3.63, 3.8) is 0 Å². The zero-order chi connectivity index (χ0) is 20.6. The van der Waals surface area contributed by atoms with Gasteiger partial charge >= 0.3 is 6.61 Å². The zero-order valence-corrected chi connectivity index (χ0v) is 16.6. The molecule has 0 unspecified atom stereocenters. The average molecular weight is 440 g/mol. The van der Waals surface area contributed by atoms with Gasteiger partial charge in [-0.3, -0.25) is 4.79 Å². The third-order valence-electron chi connectivity index (χ3n) is 3.72. The number of hydrogen-bond donors (Lipinski definition) is 1. The van der Waals surface area contributed by atoms with E-state index in [0.29, 0.717) is 28.1 Å². The topological polar surface area (TPSA) is 77.2 Å². The summed E-state index contributed by atoms with van der Waals surface area (Å²) >= 11 is 7.30. The quantitative estimate of drug-likeness (QED) is 0.483. The number of hydrogen-bond acceptors (Lipinski definition) is 6. The number of aromatic nitrogens is 2. The molecule has 1 N–H and O–H groups in total. The SMILES string of the molecule is O=C(CCSc1nnc(-c2ccc(OC(F)F)cc2)o1)NCc1ccccc1Cl. The van der Waals surface area contributed by atoms with Crippen LogP contribution in [0.5, 0.6) is 5.75 Å². The Morgan fingerprint density at radius 1 is 1.17 bits per heavy atom. The van der Waals surface area contributed by atoms with E-state index in [-0.39, 0.29) is 24.0 Å². The first-order chi connectivity index (χ1) is 14.0. The molecule has 29 heavy (non-hydrogen) atoms. The Bertz CT molecular complexity index is 954. The molecule has 0 spiro atoms. The van der Waals surface area contributed by atoms with Crippen LogP contribution in [0.25, 0.3) is 11.5 Å². The lowest BCUT2D eigenvalue weighted by Gasteiger charge is -2.06. The number of carbonyl (C=O) groups excluding carboxylic acids is 1. The Kier molecular flexibility index (Phi) is 7.42. The molecule has 0 aliphatic heterocycles. The molecule has 3 aromatic rings. The van der Waals surface area contributed by atoms with Crippen molar-refractivity contribution in [2.45, 2.75) is 24.8 Å². The van der Waals surface area contributed by atoms with E-state index in [0.717, 1.165) is 5.56 Å². The van der Waals surface area contributed by atoms with E-state index >= 15 is 0 Å². The van der Waals surface area contributed by atoms with Gasteiger partial charge in [-0.05, 0) is 35.9 Å². The smallest absolute Gasteiger partial charge is 0.387 e. The van der Waals surface area contributed by atoms with Crippen LogP contribution in [0.1, 0.15) is 12.0 Å². The molecule has 0 aliphatic rings. The molecule has 1 heterocycles. The van der Waals surface area contributed by atoms with Crippen LogP contribution in [0.3, 0.4) is 0 Å². The van der Waals surface area contributed by atoms with E-state index < -0.39 is 6.61 Å².